The number of ether oxygens (including phenoxy) is 1. The lowest BCUT2D eigenvalue weighted by Gasteiger charge is -2.16. The first kappa shape index (κ1) is 14.0. The summed E-state index contributed by atoms with van der Waals surface area (Å²) in [4.78, 5) is 0. The molecule has 0 aliphatic carbocycles. The SMILES string of the molecule is CCSCCC(C)Nc1cc(N)cc(OC)c1. The smallest absolute Gasteiger partial charge is 0.122 e. The van der Waals surface area contributed by atoms with E-state index in [2.05, 4.69) is 19.2 Å². The second-order valence-electron chi connectivity index (χ2n) is 4.03. The van der Waals surface area contributed by atoms with Crippen molar-refractivity contribution in [2.45, 2.75) is 26.3 Å². The molecular weight excluding hydrogens is 232 g/mol. The second-order valence-corrected chi connectivity index (χ2v) is 5.42. The maximum absolute atomic E-state index is 5.81. The molecule has 1 unspecified atom stereocenters. The molecule has 4 heteroatoms. The Hall–Kier alpha value is -1.03. The van der Waals surface area contributed by atoms with E-state index in [1.807, 2.05) is 30.0 Å². The van der Waals surface area contributed by atoms with Crippen molar-refractivity contribution in [3.05, 3.63) is 18.2 Å². The van der Waals surface area contributed by atoms with Crippen LogP contribution in [0.3, 0.4) is 0 Å². The summed E-state index contributed by atoms with van der Waals surface area (Å²) in [6.45, 7) is 4.37. The number of hydrogen-bond acceptors (Lipinski definition) is 4. The minimum atomic E-state index is 0.445. The first-order valence-electron chi connectivity index (χ1n) is 5.94. The van der Waals surface area contributed by atoms with Crippen molar-refractivity contribution >= 4 is 23.1 Å². The van der Waals surface area contributed by atoms with Gasteiger partial charge in [-0.3, -0.25) is 0 Å². The van der Waals surface area contributed by atoms with Crippen LogP contribution in [0.4, 0.5) is 11.4 Å². The van der Waals surface area contributed by atoms with Gasteiger partial charge in [-0.05, 0) is 30.9 Å². The maximum atomic E-state index is 5.81. The zero-order valence-corrected chi connectivity index (χ0v) is 11.6. The number of thioether (sulfide) groups is 1. The molecule has 0 saturated heterocycles. The van der Waals surface area contributed by atoms with Gasteiger partial charge in [0.1, 0.15) is 5.75 Å². The molecule has 96 valence electrons. The average molecular weight is 254 g/mol. The zero-order chi connectivity index (χ0) is 12.7. The maximum Gasteiger partial charge on any atom is 0.122 e. The van der Waals surface area contributed by atoms with Gasteiger partial charge in [-0.15, -0.1) is 0 Å². The molecule has 3 N–H and O–H groups in total. The lowest BCUT2D eigenvalue weighted by atomic mass is 10.2. The highest BCUT2D eigenvalue weighted by Crippen LogP contribution is 2.23. The van der Waals surface area contributed by atoms with Crippen molar-refractivity contribution < 1.29 is 4.74 Å². The fraction of sp³-hybridized carbons (Fsp3) is 0.538. The van der Waals surface area contributed by atoms with Crippen molar-refractivity contribution in [2.75, 3.05) is 29.7 Å². The Morgan fingerprint density at radius 1 is 1.41 bits per heavy atom. The molecule has 1 rings (SSSR count). The number of rotatable bonds is 7. The van der Waals surface area contributed by atoms with Crippen LogP contribution < -0.4 is 15.8 Å². The number of nitrogen functional groups attached to an aromatic ring is 1. The molecule has 0 bridgehead atoms. The average Bonchev–Trinajstić information content (AvgIpc) is 2.28. The molecule has 1 aromatic rings. The van der Waals surface area contributed by atoms with E-state index >= 15 is 0 Å². The molecule has 3 nitrogen and oxygen atoms in total. The van der Waals surface area contributed by atoms with Gasteiger partial charge in [-0.1, -0.05) is 6.92 Å². The van der Waals surface area contributed by atoms with Gasteiger partial charge >= 0.3 is 0 Å². The predicted octanol–water partition coefficient (Wildman–Crippen LogP) is 3.22. The Labute approximate surface area is 108 Å². The van der Waals surface area contributed by atoms with E-state index in [9.17, 15) is 0 Å². The third-order valence-corrected chi connectivity index (χ3v) is 3.41. The Morgan fingerprint density at radius 3 is 2.82 bits per heavy atom. The highest BCUT2D eigenvalue weighted by molar-refractivity contribution is 7.99. The van der Waals surface area contributed by atoms with Crippen LogP contribution in [0.5, 0.6) is 5.75 Å². The zero-order valence-electron chi connectivity index (χ0n) is 10.8. The van der Waals surface area contributed by atoms with Crippen LogP contribution in [0, 0.1) is 0 Å². The first-order chi connectivity index (χ1) is 8.15. The lowest BCUT2D eigenvalue weighted by molar-refractivity contribution is 0.415. The summed E-state index contributed by atoms with van der Waals surface area (Å²) >= 11 is 1.97. The number of nitrogens with one attached hydrogen (secondary N) is 1. The summed E-state index contributed by atoms with van der Waals surface area (Å²) in [5.74, 6) is 3.16. The second kappa shape index (κ2) is 7.33. The van der Waals surface area contributed by atoms with Gasteiger partial charge in [0, 0.05) is 29.5 Å². The number of nitrogens with two attached hydrogens (primary N) is 1. The lowest BCUT2D eigenvalue weighted by Crippen LogP contribution is -2.16. The summed E-state index contributed by atoms with van der Waals surface area (Å²) < 4.78 is 5.19. The Morgan fingerprint density at radius 2 is 2.18 bits per heavy atom. The Bertz CT molecular complexity index is 344. The fourth-order valence-electron chi connectivity index (χ4n) is 1.58. The standard InChI is InChI=1S/C13H22N2OS/c1-4-17-6-5-10(2)15-12-7-11(14)8-13(9-12)16-3/h7-10,15H,4-6,14H2,1-3H3. The van der Waals surface area contributed by atoms with Crippen LogP contribution in [0.2, 0.25) is 0 Å². The van der Waals surface area contributed by atoms with Gasteiger partial charge < -0.3 is 15.8 Å². The molecule has 0 aliphatic heterocycles. The molecule has 0 spiro atoms. The molecule has 0 fully saturated rings. The summed E-state index contributed by atoms with van der Waals surface area (Å²) in [5, 5.41) is 3.44. The predicted molar refractivity (Wildman–Crippen MR) is 78.1 cm³/mol. The number of methoxy groups -OCH3 is 1. The van der Waals surface area contributed by atoms with Gasteiger partial charge in [0.25, 0.3) is 0 Å². The van der Waals surface area contributed by atoms with Crippen molar-refractivity contribution in [3.63, 3.8) is 0 Å². The minimum absolute atomic E-state index is 0.445. The van der Waals surface area contributed by atoms with Gasteiger partial charge in [0.15, 0.2) is 0 Å². The number of anilines is 2. The summed E-state index contributed by atoms with van der Waals surface area (Å²) in [6.07, 6.45) is 1.15. The first-order valence-corrected chi connectivity index (χ1v) is 7.10. The quantitative estimate of drug-likeness (QED) is 0.579. The van der Waals surface area contributed by atoms with Crippen LogP contribution >= 0.6 is 11.8 Å². The van der Waals surface area contributed by atoms with E-state index in [1.165, 1.54) is 11.5 Å². The van der Waals surface area contributed by atoms with Crippen molar-refractivity contribution in [3.8, 4) is 5.75 Å². The Kier molecular flexibility index (Phi) is 6.05. The third kappa shape index (κ3) is 5.22. The van der Waals surface area contributed by atoms with E-state index in [0.717, 1.165) is 23.5 Å². The molecule has 0 amide bonds. The molecule has 0 heterocycles. The van der Waals surface area contributed by atoms with Gasteiger partial charge in [0.05, 0.1) is 7.11 Å². The van der Waals surface area contributed by atoms with Crippen molar-refractivity contribution in [1.82, 2.24) is 0 Å². The van der Waals surface area contributed by atoms with E-state index < -0.39 is 0 Å². The summed E-state index contributed by atoms with van der Waals surface area (Å²) in [7, 11) is 1.65. The van der Waals surface area contributed by atoms with Gasteiger partial charge in [-0.25, -0.2) is 0 Å². The minimum Gasteiger partial charge on any atom is -0.497 e. The van der Waals surface area contributed by atoms with Crippen LogP contribution in [-0.4, -0.2) is 24.7 Å². The molecular formula is C13H22N2OS. The van der Waals surface area contributed by atoms with Crippen LogP contribution in [0.15, 0.2) is 18.2 Å². The third-order valence-electron chi connectivity index (χ3n) is 2.48. The highest BCUT2D eigenvalue weighted by Gasteiger charge is 2.04. The van der Waals surface area contributed by atoms with E-state index in [4.69, 9.17) is 10.5 Å². The summed E-state index contributed by atoms with van der Waals surface area (Å²) in [6, 6.07) is 6.18. The van der Waals surface area contributed by atoms with E-state index in [1.54, 1.807) is 7.11 Å². The molecule has 1 aromatic carbocycles. The number of benzene rings is 1. The fourth-order valence-corrected chi connectivity index (χ4v) is 2.39. The Balaban J connectivity index is 2.52. The summed E-state index contributed by atoms with van der Waals surface area (Å²) in [5.41, 5.74) is 7.56. The van der Waals surface area contributed by atoms with Crippen LogP contribution in [0.1, 0.15) is 20.3 Å². The van der Waals surface area contributed by atoms with Crippen molar-refractivity contribution in [2.24, 2.45) is 0 Å². The molecule has 1 atom stereocenters. The molecule has 0 aromatic heterocycles. The highest BCUT2D eigenvalue weighted by atomic mass is 32.2. The van der Waals surface area contributed by atoms with Gasteiger partial charge in [-0.2, -0.15) is 11.8 Å². The van der Waals surface area contributed by atoms with Crippen molar-refractivity contribution in [1.29, 1.82) is 0 Å². The topological polar surface area (TPSA) is 47.3 Å². The largest absolute Gasteiger partial charge is 0.497 e. The van der Waals surface area contributed by atoms with Crippen LogP contribution in [-0.2, 0) is 0 Å². The monoisotopic (exact) mass is 254 g/mol. The van der Waals surface area contributed by atoms with Crippen LogP contribution in [0.25, 0.3) is 0 Å². The molecule has 0 aliphatic rings. The normalized spacial score (nSPS) is 12.2. The molecule has 0 saturated carbocycles. The van der Waals surface area contributed by atoms with E-state index in [-0.39, 0.29) is 0 Å². The molecule has 17 heavy (non-hydrogen) atoms. The molecule has 0 radical (unpaired) electrons. The number of hydrogen-bond donors (Lipinski definition) is 2. The van der Waals surface area contributed by atoms with Gasteiger partial charge in [0.2, 0.25) is 0 Å². The van der Waals surface area contributed by atoms with E-state index in [0.29, 0.717) is 6.04 Å².